The van der Waals surface area contributed by atoms with Gasteiger partial charge in [0.25, 0.3) is 11.8 Å². The van der Waals surface area contributed by atoms with Crippen molar-refractivity contribution >= 4 is 34.8 Å². The molecule has 0 radical (unpaired) electrons. The fraction of sp³-hybridized carbons (Fsp3) is 0.0952. The first-order valence-electron chi connectivity index (χ1n) is 8.34. The summed E-state index contributed by atoms with van der Waals surface area (Å²) in [6.45, 7) is 3.88. The van der Waals surface area contributed by atoms with Crippen molar-refractivity contribution in [3.8, 4) is 0 Å². The molecule has 0 spiro atoms. The van der Waals surface area contributed by atoms with Gasteiger partial charge >= 0.3 is 0 Å². The zero-order valence-electron chi connectivity index (χ0n) is 14.9. The van der Waals surface area contributed by atoms with E-state index in [1.807, 2.05) is 32.0 Å². The van der Waals surface area contributed by atoms with Crippen LogP contribution in [0.5, 0.6) is 0 Å². The average molecular weight is 380 g/mol. The molecule has 27 heavy (non-hydrogen) atoms. The Morgan fingerprint density at radius 2 is 1.63 bits per heavy atom. The number of nitrogens with zero attached hydrogens (tertiary/aromatic N) is 1. The van der Waals surface area contributed by atoms with Crippen LogP contribution in [-0.4, -0.2) is 16.8 Å². The molecule has 5 nitrogen and oxygen atoms in total. The number of halogens is 1. The maximum Gasteiger partial charge on any atom is 0.274 e. The van der Waals surface area contributed by atoms with Crippen molar-refractivity contribution in [3.63, 3.8) is 0 Å². The highest BCUT2D eigenvalue weighted by molar-refractivity contribution is 6.33. The summed E-state index contributed by atoms with van der Waals surface area (Å²) >= 11 is 6.06. The van der Waals surface area contributed by atoms with Crippen LogP contribution in [-0.2, 0) is 0 Å². The topological polar surface area (TPSA) is 71.1 Å². The minimum Gasteiger partial charge on any atom is -0.322 e. The lowest BCUT2D eigenvalue weighted by molar-refractivity contribution is 0.102. The molecule has 3 aromatic rings. The highest BCUT2D eigenvalue weighted by Gasteiger charge is 2.14. The van der Waals surface area contributed by atoms with Crippen LogP contribution in [0.3, 0.4) is 0 Å². The normalized spacial score (nSPS) is 10.3. The van der Waals surface area contributed by atoms with Crippen LogP contribution in [0.4, 0.5) is 11.4 Å². The van der Waals surface area contributed by atoms with Gasteiger partial charge in [-0.05, 0) is 55.3 Å². The number of nitrogens with one attached hydrogen (secondary N) is 2. The molecule has 3 rings (SSSR count). The highest BCUT2D eigenvalue weighted by atomic mass is 35.5. The van der Waals surface area contributed by atoms with Crippen LogP contribution in [0, 0.1) is 13.8 Å². The monoisotopic (exact) mass is 379 g/mol. The lowest BCUT2D eigenvalue weighted by Gasteiger charge is -2.10. The SMILES string of the molecule is Cc1ccc(C)c(NC(=O)c2ccnc(C(=O)Nc3ccccc3Cl)c2)c1. The van der Waals surface area contributed by atoms with E-state index in [4.69, 9.17) is 11.6 Å². The maximum absolute atomic E-state index is 12.6. The third-order valence-corrected chi connectivity index (χ3v) is 4.35. The molecule has 1 heterocycles. The summed E-state index contributed by atoms with van der Waals surface area (Å²) < 4.78 is 0. The fourth-order valence-electron chi connectivity index (χ4n) is 2.51. The second-order valence-electron chi connectivity index (χ2n) is 6.14. The number of carbonyl (C=O) groups is 2. The molecule has 0 atom stereocenters. The summed E-state index contributed by atoms with van der Waals surface area (Å²) in [5, 5.41) is 5.99. The van der Waals surface area contributed by atoms with Crippen molar-refractivity contribution in [2.75, 3.05) is 10.6 Å². The molecule has 0 aliphatic heterocycles. The van der Waals surface area contributed by atoms with Crippen molar-refractivity contribution in [2.24, 2.45) is 0 Å². The highest BCUT2D eigenvalue weighted by Crippen LogP contribution is 2.21. The Kier molecular flexibility index (Phi) is 5.52. The second-order valence-corrected chi connectivity index (χ2v) is 6.54. The van der Waals surface area contributed by atoms with Crippen molar-refractivity contribution in [3.05, 3.63) is 88.2 Å². The Balaban J connectivity index is 1.78. The molecular weight excluding hydrogens is 362 g/mol. The van der Waals surface area contributed by atoms with Gasteiger partial charge in [0.15, 0.2) is 0 Å². The van der Waals surface area contributed by atoms with Gasteiger partial charge in [-0.15, -0.1) is 0 Å². The van der Waals surface area contributed by atoms with Gasteiger partial charge in [0.05, 0.1) is 10.7 Å². The third kappa shape index (κ3) is 4.51. The zero-order valence-corrected chi connectivity index (χ0v) is 15.7. The van der Waals surface area contributed by atoms with Crippen LogP contribution < -0.4 is 10.6 Å². The van der Waals surface area contributed by atoms with E-state index in [2.05, 4.69) is 15.6 Å². The molecule has 0 saturated carbocycles. The molecule has 0 bridgehead atoms. The summed E-state index contributed by atoms with van der Waals surface area (Å²) in [6.07, 6.45) is 1.43. The Morgan fingerprint density at radius 3 is 2.41 bits per heavy atom. The molecule has 0 fully saturated rings. The van der Waals surface area contributed by atoms with Crippen LogP contribution in [0.2, 0.25) is 5.02 Å². The Morgan fingerprint density at radius 1 is 0.889 bits per heavy atom. The largest absolute Gasteiger partial charge is 0.322 e. The van der Waals surface area contributed by atoms with E-state index < -0.39 is 5.91 Å². The second kappa shape index (κ2) is 8.01. The first-order valence-corrected chi connectivity index (χ1v) is 8.72. The van der Waals surface area contributed by atoms with Crippen molar-refractivity contribution in [1.29, 1.82) is 0 Å². The molecule has 0 aliphatic carbocycles. The lowest BCUT2D eigenvalue weighted by Crippen LogP contribution is -2.17. The number of hydrogen-bond acceptors (Lipinski definition) is 3. The minimum absolute atomic E-state index is 0.128. The summed E-state index contributed by atoms with van der Waals surface area (Å²) in [5.41, 5.74) is 3.69. The Hall–Kier alpha value is -3.18. The Labute approximate surface area is 162 Å². The van der Waals surface area contributed by atoms with E-state index in [0.717, 1.165) is 16.8 Å². The molecule has 6 heteroatoms. The maximum atomic E-state index is 12.6. The van der Waals surface area contributed by atoms with Gasteiger partial charge in [-0.25, -0.2) is 0 Å². The van der Waals surface area contributed by atoms with Gasteiger partial charge in [0.1, 0.15) is 5.69 Å². The van der Waals surface area contributed by atoms with Gasteiger partial charge < -0.3 is 10.6 Å². The number of pyridine rings is 1. The number of carbonyl (C=O) groups excluding carboxylic acids is 2. The number of para-hydroxylation sites is 1. The van der Waals surface area contributed by atoms with Crippen LogP contribution in [0.15, 0.2) is 60.8 Å². The lowest BCUT2D eigenvalue weighted by atomic mass is 10.1. The predicted octanol–water partition coefficient (Wildman–Crippen LogP) is 4.86. The zero-order chi connectivity index (χ0) is 19.4. The average Bonchev–Trinajstić information content (AvgIpc) is 2.66. The number of aromatic nitrogens is 1. The summed E-state index contributed by atoms with van der Waals surface area (Å²) in [4.78, 5) is 29.1. The van der Waals surface area contributed by atoms with Crippen LogP contribution in [0.1, 0.15) is 32.0 Å². The van der Waals surface area contributed by atoms with Crippen molar-refractivity contribution in [2.45, 2.75) is 13.8 Å². The quantitative estimate of drug-likeness (QED) is 0.680. The molecule has 2 N–H and O–H groups in total. The van der Waals surface area contributed by atoms with Crippen molar-refractivity contribution < 1.29 is 9.59 Å². The van der Waals surface area contributed by atoms with Crippen LogP contribution >= 0.6 is 11.6 Å². The first kappa shape index (κ1) is 18.6. The number of hydrogen-bond donors (Lipinski definition) is 2. The smallest absolute Gasteiger partial charge is 0.274 e. The van der Waals surface area contributed by atoms with Gasteiger partial charge in [-0.3, -0.25) is 14.6 Å². The van der Waals surface area contributed by atoms with E-state index in [1.165, 1.54) is 12.3 Å². The number of benzene rings is 2. The molecule has 1 aromatic heterocycles. The van der Waals surface area contributed by atoms with E-state index in [0.29, 0.717) is 16.3 Å². The molecule has 0 unspecified atom stereocenters. The van der Waals surface area contributed by atoms with Gasteiger partial charge in [-0.2, -0.15) is 0 Å². The van der Waals surface area contributed by atoms with E-state index in [-0.39, 0.29) is 11.6 Å². The summed E-state index contributed by atoms with van der Waals surface area (Å²) in [5.74, 6) is -0.748. The van der Waals surface area contributed by atoms with Gasteiger partial charge in [-0.1, -0.05) is 35.9 Å². The van der Waals surface area contributed by atoms with E-state index >= 15 is 0 Å². The molecule has 2 aromatic carbocycles. The molecule has 0 aliphatic rings. The first-order chi connectivity index (χ1) is 12.9. The molecular formula is C21H18ClN3O2. The van der Waals surface area contributed by atoms with Gasteiger partial charge in [0, 0.05) is 17.4 Å². The van der Waals surface area contributed by atoms with Gasteiger partial charge in [0.2, 0.25) is 0 Å². The number of anilines is 2. The summed E-state index contributed by atoms with van der Waals surface area (Å²) in [6, 6.07) is 15.8. The standard InChI is InChI=1S/C21H18ClN3O2/c1-13-7-8-14(2)18(11-13)25-20(26)15-9-10-23-19(12-15)21(27)24-17-6-4-3-5-16(17)22/h3-12H,1-2H3,(H,24,27)(H,25,26). The molecule has 2 amide bonds. The number of amides is 2. The Bertz CT molecular complexity index is 1020. The molecule has 136 valence electrons. The van der Waals surface area contributed by atoms with E-state index in [9.17, 15) is 9.59 Å². The summed E-state index contributed by atoms with van der Waals surface area (Å²) in [7, 11) is 0. The number of rotatable bonds is 4. The number of aryl methyl sites for hydroxylation is 2. The minimum atomic E-state index is -0.440. The third-order valence-electron chi connectivity index (χ3n) is 4.02. The predicted molar refractivity (Wildman–Crippen MR) is 108 cm³/mol. The fourth-order valence-corrected chi connectivity index (χ4v) is 2.69. The van der Waals surface area contributed by atoms with E-state index in [1.54, 1.807) is 30.3 Å². The van der Waals surface area contributed by atoms with Crippen LogP contribution in [0.25, 0.3) is 0 Å². The molecule has 0 saturated heterocycles. The van der Waals surface area contributed by atoms with Crippen molar-refractivity contribution in [1.82, 2.24) is 4.98 Å².